The Morgan fingerprint density at radius 1 is 1.25 bits per heavy atom. The van der Waals surface area contributed by atoms with Crippen molar-refractivity contribution in [1.82, 2.24) is 15.2 Å². The number of allylic oxidation sites excluding steroid dienone is 1. The molecular weight excluding hydrogens is 322 g/mol. The number of hydrogen-bond acceptors (Lipinski definition) is 6. The van der Waals surface area contributed by atoms with Crippen molar-refractivity contribution >= 4 is 28.2 Å². The Morgan fingerprint density at radius 3 is 3.00 bits per heavy atom. The van der Waals surface area contributed by atoms with Crippen LogP contribution in [0, 0.1) is 0 Å². The smallest absolute Gasteiger partial charge is 0.259 e. The van der Waals surface area contributed by atoms with Gasteiger partial charge in [-0.1, -0.05) is 29.4 Å². The molecule has 0 bridgehead atoms. The van der Waals surface area contributed by atoms with Gasteiger partial charge < -0.3 is 5.32 Å². The summed E-state index contributed by atoms with van der Waals surface area (Å²) in [5.41, 5.74) is 3.63. The maximum absolute atomic E-state index is 12.0. The molecule has 2 aromatic heterocycles. The van der Waals surface area contributed by atoms with E-state index in [0.717, 1.165) is 18.8 Å². The maximum atomic E-state index is 12.0. The zero-order valence-electron chi connectivity index (χ0n) is 13.5. The molecule has 0 atom stereocenters. The van der Waals surface area contributed by atoms with Crippen molar-refractivity contribution in [3.8, 4) is 0 Å². The van der Waals surface area contributed by atoms with Gasteiger partial charge in [-0.25, -0.2) is 4.98 Å². The predicted octanol–water partition coefficient (Wildman–Crippen LogP) is 3.88. The fraction of sp³-hybridized carbons (Fsp3) is 0.412. The summed E-state index contributed by atoms with van der Waals surface area (Å²) >= 11 is 1.28. The van der Waals surface area contributed by atoms with Crippen LogP contribution >= 0.6 is 11.3 Å². The van der Waals surface area contributed by atoms with E-state index in [1.807, 2.05) is 6.07 Å². The number of rotatable bonds is 6. The molecule has 3 rings (SSSR count). The molecule has 126 valence electrons. The van der Waals surface area contributed by atoms with E-state index in [2.05, 4.69) is 31.9 Å². The van der Waals surface area contributed by atoms with Crippen LogP contribution in [-0.4, -0.2) is 27.6 Å². The third-order valence-electron chi connectivity index (χ3n) is 3.99. The number of amides is 1. The normalized spacial score (nSPS) is 14.6. The van der Waals surface area contributed by atoms with Gasteiger partial charge in [0.05, 0.1) is 5.56 Å². The van der Waals surface area contributed by atoms with Crippen molar-refractivity contribution < 1.29 is 4.79 Å². The van der Waals surface area contributed by atoms with E-state index in [1.54, 1.807) is 23.3 Å². The molecule has 24 heavy (non-hydrogen) atoms. The van der Waals surface area contributed by atoms with Crippen LogP contribution in [0.5, 0.6) is 0 Å². The Hall–Kier alpha value is -2.28. The molecule has 1 aliphatic carbocycles. The van der Waals surface area contributed by atoms with Crippen LogP contribution in [0.1, 0.15) is 48.9 Å². The molecule has 6 nitrogen and oxygen atoms in total. The van der Waals surface area contributed by atoms with Gasteiger partial charge in [0.1, 0.15) is 11.3 Å². The third kappa shape index (κ3) is 4.86. The average molecular weight is 343 g/mol. The summed E-state index contributed by atoms with van der Waals surface area (Å²) in [5.74, 6) is 0.561. The first-order valence-corrected chi connectivity index (χ1v) is 9.14. The van der Waals surface area contributed by atoms with Gasteiger partial charge >= 0.3 is 0 Å². The zero-order chi connectivity index (χ0) is 16.6. The molecule has 0 saturated carbocycles. The highest BCUT2D eigenvalue weighted by Gasteiger charge is 2.08. The van der Waals surface area contributed by atoms with Crippen molar-refractivity contribution in [3.05, 3.63) is 41.1 Å². The van der Waals surface area contributed by atoms with Gasteiger partial charge in [0.25, 0.3) is 5.91 Å². The summed E-state index contributed by atoms with van der Waals surface area (Å²) in [5, 5.41) is 14.0. The first-order chi connectivity index (χ1) is 11.8. The van der Waals surface area contributed by atoms with Crippen LogP contribution in [-0.2, 0) is 0 Å². The quantitative estimate of drug-likeness (QED) is 0.778. The lowest BCUT2D eigenvalue weighted by molar-refractivity contribution is 0.102. The molecular formula is C17H21N5OS. The van der Waals surface area contributed by atoms with Gasteiger partial charge in [0, 0.05) is 12.7 Å². The largest absolute Gasteiger partial charge is 0.370 e. The Balaban J connectivity index is 1.47. The second-order valence-corrected chi connectivity index (χ2v) is 6.60. The summed E-state index contributed by atoms with van der Waals surface area (Å²) in [4.78, 5) is 16.3. The van der Waals surface area contributed by atoms with Crippen LogP contribution in [0.15, 0.2) is 35.5 Å². The highest BCUT2D eigenvalue weighted by molar-refractivity contribution is 7.13. The number of hydrogen-bond donors (Lipinski definition) is 2. The minimum atomic E-state index is -0.227. The molecule has 0 aromatic carbocycles. The number of carbonyl (C=O) groups is 1. The van der Waals surface area contributed by atoms with E-state index in [0.29, 0.717) is 10.7 Å². The van der Waals surface area contributed by atoms with Gasteiger partial charge in [0.15, 0.2) is 0 Å². The van der Waals surface area contributed by atoms with E-state index in [4.69, 9.17) is 0 Å². The predicted molar refractivity (Wildman–Crippen MR) is 96.4 cm³/mol. The lowest BCUT2D eigenvalue weighted by Gasteiger charge is -2.08. The number of anilines is 2. The zero-order valence-corrected chi connectivity index (χ0v) is 14.3. The summed E-state index contributed by atoms with van der Waals surface area (Å²) in [6.07, 6.45) is 11.4. The number of nitrogens with zero attached hydrogens (tertiary/aromatic N) is 3. The molecule has 0 radical (unpaired) electrons. The second kappa shape index (κ2) is 8.54. The monoisotopic (exact) mass is 343 g/mol. The Kier molecular flexibility index (Phi) is 5.90. The number of carbonyl (C=O) groups excluding carboxylic acids is 1. The van der Waals surface area contributed by atoms with Crippen LogP contribution in [0.25, 0.3) is 0 Å². The lowest BCUT2D eigenvalue weighted by Crippen LogP contribution is -2.12. The molecule has 1 amide bonds. The van der Waals surface area contributed by atoms with E-state index in [9.17, 15) is 4.79 Å². The van der Waals surface area contributed by atoms with E-state index in [1.165, 1.54) is 43.4 Å². The molecule has 1 aliphatic rings. The van der Waals surface area contributed by atoms with Gasteiger partial charge in [0.2, 0.25) is 5.13 Å². The summed E-state index contributed by atoms with van der Waals surface area (Å²) in [6.45, 7) is 0.870. The number of nitrogens with one attached hydrogen (secondary N) is 2. The molecule has 0 saturated heterocycles. The maximum Gasteiger partial charge on any atom is 0.259 e. The second-order valence-electron chi connectivity index (χ2n) is 5.77. The van der Waals surface area contributed by atoms with Crippen LogP contribution in [0.4, 0.5) is 10.9 Å². The molecule has 0 fully saturated rings. The lowest BCUT2D eigenvalue weighted by atomic mass is 10.1. The molecule has 7 heteroatoms. The highest BCUT2D eigenvalue weighted by Crippen LogP contribution is 2.19. The van der Waals surface area contributed by atoms with E-state index < -0.39 is 0 Å². The molecule has 0 spiro atoms. The Morgan fingerprint density at radius 2 is 2.21 bits per heavy atom. The van der Waals surface area contributed by atoms with Crippen molar-refractivity contribution in [2.24, 2.45) is 0 Å². The molecule has 0 aliphatic heterocycles. The van der Waals surface area contributed by atoms with E-state index >= 15 is 0 Å². The van der Waals surface area contributed by atoms with Crippen LogP contribution in [0.3, 0.4) is 0 Å². The van der Waals surface area contributed by atoms with Crippen molar-refractivity contribution in [1.29, 1.82) is 0 Å². The SMILES string of the molecule is O=C(Nc1nncs1)c1ccc(NCCC2=CCCCCC2)nc1. The average Bonchev–Trinajstić information content (AvgIpc) is 2.97. The summed E-state index contributed by atoms with van der Waals surface area (Å²) in [6, 6.07) is 3.59. The highest BCUT2D eigenvalue weighted by atomic mass is 32.1. The standard InChI is InChI=1S/C17H21N5OS/c23-16(21-17-22-20-12-24-17)14-7-8-15(19-11-14)18-10-9-13-5-3-1-2-4-6-13/h5,7-8,11-12H,1-4,6,9-10H2,(H,18,19)(H,21,22,23). The Labute approximate surface area is 145 Å². The van der Waals surface area contributed by atoms with Crippen molar-refractivity contribution in [2.45, 2.75) is 38.5 Å². The fourth-order valence-corrected chi connectivity index (χ4v) is 3.13. The summed E-state index contributed by atoms with van der Waals surface area (Å²) in [7, 11) is 0. The minimum absolute atomic E-state index is 0.227. The van der Waals surface area contributed by atoms with Crippen LogP contribution < -0.4 is 10.6 Å². The third-order valence-corrected chi connectivity index (χ3v) is 4.60. The van der Waals surface area contributed by atoms with Crippen LogP contribution in [0.2, 0.25) is 0 Å². The molecule has 0 unspecified atom stereocenters. The van der Waals surface area contributed by atoms with E-state index in [-0.39, 0.29) is 5.91 Å². The summed E-state index contributed by atoms with van der Waals surface area (Å²) < 4.78 is 0. The van der Waals surface area contributed by atoms with Gasteiger partial charge in [-0.3, -0.25) is 10.1 Å². The number of pyridine rings is 1. The molecule has 2 N–H and O–H groups in total. The first kappa shape index (κ1) is 16.6. The van der Waals surface area contributed by atoms with Gasteiger partial charge in [-0.15, -0.1) is 10.2 Å². The Bertz CT molecular complexity index is 682. The molecule has 2 heterocycles. The van der Waals surface area contributed by atoms with Crippen molar-refractivity contribution in [3.63, 3.8) is 0 Å². The minimum Gasteiger partial charge on any atom is -0.370 e. The molecule has 2 aromatic rings. The number of aromatic nitrogens is 3. The topological polar surface area (TPSA) is 79.8 Å². The van der Waals surface area contributed by atoms with Gasteiger partial charge in [-0.2, -0.15) is 0 Å². The van der Waals surface area contributed by atoms with Gasteiger partial charge in [-0.05, 0) is 44.2 Å². The fourth-order valence-electron chi connectivity index (χ4n) is 2.69. The first-order valence-electron chi connectivity index (χ1n) is 8.26. The van der Waals surface area contributed by atoms with Crippen molar-refractivity contribution in [2.75, 3.05) is 17.2 Å².